The number of aromatic nitrogens is 3. The number of methoxy groups -OCH3 is 1. The van der Waals surface area contributed by atoms with E-state index in [2.05, 4.69) is 15.1 Å². The number of aryl methyl sites for hydroxylation is 2. The molecule has 5 atom stereocenters. The maximum atomic E-state index is 14.7. The van der Waals surface area contributed by atoms with Crippen LogP contribution in [0.5, 0.6) is 17.4 Å². The number of carbonyl (C=O) groups excluding carboxylic acids is 4. The summed E-state index contributed by atoms with van der Waals surface area (Å²) in [4.78, 5) is 62.7. The monoisotopic (exact) mass is 790 g/mol. The lowest BCUT2D eigenvalue weighted by molar-refractivity contribution is -0.140. The lowest BCUT2D eigenvalue weighted by atomic mass is 9.91. The summed E-state index contributed by atoms with van der Waals surface area (Å²) in [5, 5.41) is 7.18. The molecule has 4 aliphatic rings. The third-order valence-electron chi connectivity index (χ3n) is 11.4. The predicted molar refractivity (Wildman–Crippen MR) is 206 cm³/mol. The first kappa shape index (κ1) is 39.3. The fourth-order valence-corrected chi connectivity index (χ4v) is 9.42. The second kappa shape index (κ2) is 15.9. The highest BCUT2D eigenvalue weighted by Crippen LogP contribution is 2.57. The molecular weight excluding hydrogens is 741 g/mol. The number of ether oxygens (including phenoxy) is 3. The van der Waals surface area contributed by atoms with Crippen LogP contribution < -0.4 is 24.2 Å². The van der Waals surface area contributed by atoms with E-state index < -0.39 is 56.6 Å². The standard InChI is InChI=1S/C40H50N6O9S/c1-5-54-35-20-34(28-15-16-33(53-4)24(2)36(28)42-35)55-26-19-31-32(47)22-40(39(50)44-56(51,52)27-13-14-27)21-25(40)11-9-7-6-8-10-12-30(38(49)46(31)23-26)41-37(48)29-17-18-45(3)43-29/h9,11,15-18,20,25-27,30-31H,5-8,10,12-14,19,21-23H2,1-4H3,(H,41,48)(H,44,50)/b11-9-/t25-,26+,30-,31-,40+/m0/s1. The van der Waals surface area contributed by atoms with Gasteiger partial charge in [-0.05, 0) is 76.5 Å². The first-order valence-corrected chi connectivity index (χ1v) is 21.0. The molecule has 56 heavy (non-hydrogen) atoms. The fraction of sp³-hybridized carbons (Fsp3) is 0.550. The molecule has 2 saturated carbocycles. The van der Waals surface area contributed by atoms with Crippen LogP contribution >= 0.6 is 0 Å². The summed E-state index contributed by atoms with van der Waals surface area (Å²) >= 11 is 0. The van der Waals surface area contributed by atoms with E-state index in [0.717, 1.165) is 24.8 Å². The Morgan fingerprint density at radius 1 is 1.07 bits per heavy atom. The number of benzene rings is 1. The number of nitrogens with one attached hydrogen (secondary N) is 2. The van der Waals surface area contributed by atoms with E-state index >= 15 is 0 Å². The SMILES string of the molecule is CCOc1cc(O[C@@H]2C[C@H]3C(=O)C[C@]4(C(=O)NS(=O)(=O)C5CC5)C[C@@H]4/C=C\CCCCC[C@H](NC(=O)c4ccn(C)n4)C(=O)N3C2)c2ccc(OC)c(C)c2n1. The number of hydrogen-bond donors (Lipinski definition) is 2. The van der Waals surface area contributed by atoms with E-state index in [9.17, 15) is 27.6 Å². The van der Waals surface area contributed by atoms with E-state index in [0.29, 0.717) is 67.0 Å². The van der Waals surface area contributed by atoms with E-state index in [-0.39, 0.29) is 36.8 Å². The Balaban J connectivity index is 1.22. The molecule has 7 rings (SSSR count). The summed E-state index contributed by atoms with van der Waals surface area (Å²) in [5.41, 5.74) is 0.296. The zero-order chi connectivity index (χ0) is 39.8. The fourth-order valence-electron chi connectivity index (χ4n) is 8.03. The summed E-state index contributed by atoms with van der Waals surface area (Å²) in [6.45, 7) is 4.12. The number of sulfonamides is 1. The molecule has 3 amide bonds. The number of ketones is 1. The van der Waals surface area contributed by atoms with Gasteiger partial charge < -0.3 is 24.4 Å². The van der Waals surface area contributed by atoms with Gasteiger partial charge in [-0.3, -0.25) is 28.6 Å². The minimum Gasteiger partial charge on any atom is -0.496 e. The molecule has 4 heterocycles. The number of amides is 3. The third kappa shape index (κ3) is 8.11. The van der Waals surface area contributed by atoms with Crippen LogP contribution in [0.4, 0.5) is 0 Å². The minimum atomic E-state index is -3.86. The van der Waals surface area contributed by atoms with E-state index in [4.69, 9.17) is 19.2 Å². The molecule has 2 N–H and O–H groups in total. The van der Waals surface area contributed by atoms with Crippen molar-refractivity contribution < 1.29 is 41.8 Å². The van der Waals surface area contributed by atoms with Crippen molar-refractivity contribution in [3.05, 3.63) is 53.9 Å². The number of Topliss-reactive ketones (excluding diaryl/α,β-unsaturated/α-hetero) is 1. The maximum Gasteiger partial charge on any atom is 0.272 e. The molecule has 2 aliphatic carbocycles. The lowest BCUT2D eigenvalue weighted by Crippen LogP contribution is -2.52. The van der Waals surface area contributed by atoms with Crippen LogP contribution in [0, 0.1) is 18.3 Å². The molecule has 16 heteroatoms. The quantitative estimate of drug-likeness (QED) is 0.284. The Morgan fingerprint density at radius 2 is 1.88 bits per heavy atom. The van der Waals surface area contributed by atoms with Crippen molar-refractivity contribution in [1.82, 2.24) is 29.7 Å². The van der Waals surface area contributed by atoms with Gasteiger partial charge in [0.2, 0.25) is 27.7 Å². The minimum absolute atomic E-state index is 0.0205. The van der Waals surface area contributed by atoms with E-state index in [1.165, 1.54) is 9.58 Å². The molecule has 300 valence electrons. The Morgan fingerprint density at radius 3 is 2.59 bits per heavy atom. The number of carbonyl (C=O) groups is 4. The predicted octanol–water partition coefficient (Wildman–Crippen LogP) is 3.93. The van der Waals surface area contributed by atoms with Crippen molar-refractivity contribution in [2.75, 3.05) is 20.3 Å². The molecule has 0 radical (unpaired) electrons. The highest BCUT2D eigenvalue weighted by Gasteiger charge is 2.61. The molecule has 1 aromatic carbocycles. The third-order valence-corrected chi connectivity index (χ3v) is 13.2. The van der Waals surface area contributed by atoms with Gasteiger partial charge in [0.05, 0.1) is 42.5 Å². The van der Waals surface area contributed by atoms with Crippen molar-refractivity contribution in [2.24, 2.45) is 18.4 Å². The molecule has 0 unspecified atom stereocenters. The van der Waals surface area contributed by atoms with Gasteiger partial charge in [0.25, 0.3) is 5.91 Å². The van der Waals surface area contributed by atoms with Gasteiger partial charge in [0, 0.05) is 43.1 Å². The van der Waals surface area contributed by atoms with Crippen molar-refractivity contribution in [2.45, 2.75) is 101 Å². The zero-order valence-corrected chi connectivity index (χ0v) is 33.1. The lowest BCUT2D eigenvalue weighted by Gasteiger charge is -2.29. The van der Waals surface area contributed by atoms with E-state index in [1.54, 1.807) is 32.5 Å². The second-order valence-electron chi connectivity index (χ2n) is 15.4. The number of allylic oxidation sites excluding steroid dienone is 2. The molecule has 0 spiro atoms. The van der Waals surface area contributed by atoms with Crippen LogP contribution in [-0.2, 0) is 31.5 Å². The van der Waals surface area contributed by atoms with Crippen LogP contribution in [0.15, 0.2) is 42.6 Å². The van der Waals surface area contributed by atoms with Crippen LogP contribution in [0.25, 0.3) is 10.9 Å². The van der Waals surface area contributed by atoms with Gasteiger partial charge in [0.1, 0.15) is 29.3 Å². The average Bonchev–Trinajstić information content (AvgIpc) is 4.05. The first-order valence-electron chi connectivity index (χ1n) is 19.5. The Hall–Kier alpha value is -4.99. The highest BCUT2D eigenvalue weighted by molar-refractivity contribution is 7.90. The summed E-state index contributed by atoms with van der Waals surface area (Å²) < 4.78 is 47.6. The summed E-state index contributed by atoms with van der Waals surface area (Å²) in [7, 11) is -0.587. The normalized spacial score (nSPS) is 26.3. The number of fused-ring (bicyclic) bond motifs is 3. The second-order valence-corrected chi connectivity index (χ2v) is 17.4. The largest absolute Gasteiger partial charge is 0.496 e. The van der Waals surface area contributed by atoms with Crippen LogP contribution in [0.3, 0.4) is 0 Å². The van der Waals surface area contributed by atoms with E-state index in [1.807, 2.05) is 38.1 Å². The maximum absolute atomic E-state index is 14.7. The summed E-state index contributed by atoms with van der Waals surface area (Å²) in [6, 6.07) is 4.94. The van der Waals surface area contributed by atoms with Gasteiger partial charge in [-0.2, -0.15) is 5.10 Å². The van der Waals surface area contributed by atoms with Crippen LogP contribution in [-0.4, -0.2) is 95.3 Å². The van der Waals surface area contributed by atoms with Crippen molar-refractivity contribution in [3.8, 4) is 17.4 Å². The smallest absolute Gasteiger partial charge is 0.272 e. The van der Waals surface area contributed by atoms with Gasteiger partial charge in [-0.1, -0.05) is 25.0 Å². The number of pyridine rings is 1. The van der Waals surface area contributed by atoms with Crippen molar-refractivity contribution in [3.63, 3.8) is 0 Å². The van der Waals surface area contributed by atoms with Gasteiger partial charge in [-0.15, -0.1) is 0 Å². The Labute approximate surface area is 326 Å². The number of hydrogen-bond acceptors (Lipinski definition) is 11. The number of nitrogens with zero attached hydrogens (tertiary/aromatic N) is 4. The van der Waals surface area contributed by atoms with Crippen molar-refractivity contribution >= 4 is 44.4 Å². The zero-order valence-electron chi connectivity index (χ0n) is 32.3. The molecule has 3 fully saturated rings. The van der Waals surface area contributed by atoms with Gasteiger partial charge >= 0.3 is 0 Å². The Bertz CT molecular complexity index is 2170. The first-order chi connectivity index (χ1) is 26.8. The van der Waals surface area contributed by atoms with Crippen LogP contribution in [0.1, 0.15) is 87.2 Å². The molecule has 0 bridgehead atoms. The Kier molecular flexibility index (Phi) is 11.1. The van der Waals surface area contributed by atoms with Crippen molar-refractivity contribution in [1.29, 1.82) is 0 Å². The molecule has 15 nitrogen and oxygen atoms in total. The van der Waals surface area contributed by atoms with Crippen LogP contribution in [0.2, 0.25) is 0 Å². The number of rotatable bonds is 10. The molecule has 1 saturated heterocycles. The summed E-state index contributed by atoms with van der Waals surface area (Å²) in [6.07, 6.45) is 9.31. The molecule has 2 aromatic heterocycles. The topological polar surface area (TPSA) is 188 Å². The van der Waals surface area contributed by atoms with Gasteiger partial charge in [0.15, 0.2) is 5.78 Å². The molecule has 2 aliphatic heterocycles. The molecule has 3 aromatic rings. The summed E-state index contributed by atoms with van der Waals surface area (Å²) in [5.74, 6) is -0.903. The molecular formula is C40H50N6O9S. The van der Waals surface area contributed by atoms with Gasteiger partial charge in [-0.25, -0.2) is 13.4 Å². The average molecular weight is 791 g/mol. The highest BCUT2D eigenvalue weighted by atomic mass is 32.2.